The Kier molecular flexibility index (Phi) is 4.34. The van der Waals surface area contributed by atoms with E-state index in [0.717, 1.165) is 4.90 Å². The summed E-state index contributed by atoms with van der Waals surface area (Å²) in [5, 5.41) is 3.45. The maximum absolute atomic E-state index is 12.1. The molecule has 1 saturated heterocycles. The molecule has 7 nitrogen and oxygen atoms in total. The van der Waals surface area contributed by atoms with Crippen molar-refractivity contribution in [1.29, 1.82) is 0 Å². The lowest BCUT2D eigenvalue weighted by atomic mass is 10.0. The van der Waals surface area contributed by atoms with Crippen molar-refractivity contribution in [2.45, 2.75) is 39.3 Å². The van der Waals surface area contributed by atoms with Crippen LogP contribution in [-0.2, 0) is 9.53 Å². The third kappa shape index (κ3) is 2.68. The second kappa shape index (κ2) is 5.54. The fraction of sp³-hybridized carbons (Fsp3) is 0.800. The maximum atomic E-state index is 12.1. The molecular weight excluding hydrogens is 224 g/mol. The molecule has 1 rings (SSSR count). The molecule has 1 aliphatic rings. The van der Waals surface area contributed by atoms with E-state index in [2.05, 4.69) is 10.0 Å². The fourth-order valence-electron chi connectivity index (χ4n) is 1.70. The van der Waals surface area contributed by atoms with Crippen LogP contribution >= 0.6 is 0 Å². The molecule has 0 bridgehead atoms. The van der Waals surface area contributed by atoms with Gasteiger partial charge >= 0.3 is 6.09 Å². The minimum absolute atomic E-state index is 0.163. The molecular formula is C10H16N4O3. The zero-order valence-electron chi connectivity index (χ0n) is 10.2. The summed E-state index contributed by atoms with van der Waals surface area (Å²) in [6.45, 7) is 5.60. The monoisotopic (exact) mass is 240 g/mol. The van der Waals surface area contributed by atoms with Gasteiger partial charge in [-0.1, -0.05) is 25.9 Å². The van der Waals surface area contributed by atoms with E-state index in [1.165, 1.54) is 0 Å². The number of hydrogen-bond acceptors (Lipinski definition) is 4. The van der Waals surface area contributed by atoms with E-state index in [1.807, 2.05) is 6.92 Å². The molecule has 94 valence electrons. The molecule has 0 saturated carbocycles. The van der Waals surface area contributed by atoms with Gasteiger partial charge in [0, 0.05) is 4.91 Å². The lowest BCUT2D eigenvalue weighted by molar-refractivity contribution is -0.131. The average Bonchev–Trinajstić information content (AvgIpc) is 2.66. The molecule has 1 aliphatic heterocycles. The zero-order valence-corrected chi connectivity index (χ0v) is 10.2. The number of cyclic esters (lactones) is 1. The molecule has 1 heterocycles. The van der Waals surface area contributed by atoms with E-state index < -0.39 is 18.0 Å². The second-order valence-electron chi connectivity index (χ2n) is 4.24. The molecule has 0 aromatic rings. The van der Waals surface area contributed by atoms with Crippen molar-refractivity contribution < 1.29 is 14.3 Å². The Bertz CT molecular complexity index is 363. The number of azide groups is 1. The highest BCUT2D eigenvalue weighted by Crippen LogP contribution is 2.20. The van der Waals surface area contributed by atoms with Crippen LogP contribution in [0.2, 0.25) is 0 Å². The summed E-state index contributed by atoms with van der Waals surface area (Å²) in [5.74, 6) is -0.642. The third-order valence-electron chi connectivity index (χ3n) is 2.73. The highest BCUT2D eigenvalue weighted by molar-refractivity contribution is 5.96. The van der Waals surface area contributed by atoms with Crippen molar-refractivity contribution in [3.63, 3.8) is 0 Å². The maximum Gasteiger partial charge on any atom is 0.416 e. The van der Waals surface area contributed by atoms with Gasteiger partial charge in [0.05, 0.1) is 6.04 Å². The number of imide groups is 1. The Morgan fingerprint density at radius 1 is 1.71 bits per heavy atom. The Hall–Kier alpha value is -1.75. The standard InChI is InChI=1S/C10H16N4O3/c1-4-7-5-17-10(16)14(7)9(15)8(6(2)3)12-13-11/h6-8H,4-5H2,1-3H3/t7-,8-/m0/s1. The largest absolute Gasteiger partial charge is 0.447 e. The highest BCUT2D eigenvalue weighted by atomic mass is 16.6. The topological polar surface area (TPSA) is 95.4 Å². The summed E-state index contributed by atoms with van der Waals surface area (Å²) in [7, 11) is 0. The lowest BCUT2D eigenvalue weighted by Crippen LogP contribution is -2.45. The van der Waals surface area contributed by atoms with Crippen LogP contribution in [0.1, 0.15) is 27.2 Å². The van der Waals surface area contributed by atoms with Gasteiger partial charge in [-0.05, 0) is 17.9 Å². The fourth-order valence-corrected chi connectivity index (χ4v) is 1.70. The van der Waals surface area contributed by atoms with Crippen molar-refractivity contribution in [3.8, 4) is 0 Å². The van der Waals surface area contributed by atoms with Crippen LogP contribution in [-0.4, -0.2) is 35.6 Å². The second-order valence-corrected chi connectivity index (χ2v) is 4.24. The number of carbonyl (C=O) groups is 2. The molecule has 7 heteroatoms. The third-order valence-corrected chi connectivity index (χ3v) is 2.73. The number of hydrogen-bond donors (Lipinski definition) is 0. The molecule has 2 atom stereocenters. The summed E-state index contributed by atoms with van der Waals surface area (Å²) in [4.78, 5) is 27.3. The smallest absolute Gasteiger partial charge is 0.416 e. The predicted molar refractivity (Wildman–Crippen MR) is 60.0 cm³/mol. The van der Waals surface area contributed by atoms with Gasteiger partial charge in [0.2, 0.25) is 5.91 Å². The van der Waals surface area contributed by atoms with Crippen molar-refractivity contribution in [2.75, 3.05) is 6.61 Å². The summed E-state index contributed by atoms with van der Waals surface area (Å²) >= 11 is 0. The van der Waals surface area contributed by atoms with Crippen molar-refractivity contribution in [3.05, 3.63) is 10.4 Å². The van der Waals surface area contributed by atoms with Gasteiger partial charge in [0.25, 0.3) is 0 Å². The minimum atomic E-state index is -0.861. The van der Waals surface area contributed by atoms with Crippen LogP contribution in [0.5, 0.6) is 0 Å². The molecule has 17 heavy (non-hydrogen) atoms. The normalized spacial score (nSPS) is 21.1. The van der Waals surface area contributed by atoms with E-state index in [1.54, 1.807) is 13.8 Å². The number of carbonyl (C=O) groups excluding carboxylic acids is 2. The van der Waals surface area contributed by atoms with Crippen molar-refractivity contribution >= 4 is 12.0 Å². The van der Waals surface area contributed by atoms with Gasteiger partial charge in [-0.25, -0.2) is 9.69 Å². The van der Waals surface area contributed by atoms with Crippen molar-refractivity contribution in [2.24, 2.45) is 11.0 Å². The minimum Gasteiger partial charge on any atom is -0.447 e. The molecule has 0 N–H and O–H groups in total. The van der Waals surface area contributed by atoms with E-state index in [-0.39, 0.29) is 18.6 Å². The summed E-state index contributed by atoms with van der Waals surface area (Å²) in [6, 6.07) is -1.12. The van der Waals surface area contributed by atoms with Crippen LogP contribution in [0.15, 0.2) is 5.11 Å². The van der Waals surface area contributed by atoms with E-state index in [4.69, 9.17) is 10.3 Å². The summed E-state index contributed by atoms with van der Waals surface area (Å²) < 4.78 is 4.83. The highest BCUT2D eigenvalue weighted by Gasteiger charge is 2.40. The Morgan fingerprint density at radius 2 is 2.35 bits per heavy atom. The average molecular weight is 240 g/mol. The van der Waals surface area contributed by atoms with Gasteiger partial charge in [-0.3, -0.25) is 4.79 Å². The summed E-state index contributed by atoms with van der Waals surface area (Å²) in [6.07, 6.45) is -0.0286. The quantitative estimate of drug-likeness (QED) is 0.427. The first-order valence-electron chi connectivity index (χ1n) is 5.56. The number of amides is 2. The van der Waals surface area contributed by atoms with Crippen LogP contribution < -0.4 is 0 Å². The molecule has 0 radical (unpaired) electrons. The Balaban J connectivity index is 2.93. The molecule has 0 spiro atoms. The molecule has 2 amide bonds. The number of ether oxygens (including phenoxy) is 1. The Labute approximate surface area is 99.3 Å². The van der Waals surface area contributed by atoms with Gasteiger partial charge < -0.3 is 4.74 Å². The predicted octanol–water partition coefficient (Wildman–Crippen LogP) is 2.08. The van der Waals surface area contributed by atoms with E-state index >= 15 is 0 Å². The first-order chi connectivity index (χ1) is 8.02. The van der Waals surface area contributed by atoms with Gasteiger partial charge in [0.1, 0.15) is 12.6 Å². The lowest BCUT2D eigenvalue weighted by Gasteiger charge is -2.23. The van der Waals surface area contributed by atoms with Gasteiger partial charge in [0.15, 0.2) is 0 Å². The first kappa shape index (κ1) is 13.3. The number of rotatable bonds is 4. The number of nitrogens with zero attached hydrogens (tertiary/aromatic N) is 4. The SMILES string of the molecule is CC[C@H]1COC(=O)N1C(=O)[C@@H](N=[N+]=[N-])C(C)C. The summed E-state index contributed by atoms with van der Waals surface area (Å²) in [5.41, 5.74) is 8.44. The zero-order chi connectivity index (χ0) is 13.0. The molecule has 0 aliphatic carbocycles. The molecule has 1 fully saturated rings. The van der Waals surface area contributed by atoms with Crippen LogP contribution in [0.3, 0.4) is 0 Å². The first-order valence-corrected chi connectivity index (χ1v) is 5.56. The van der Waals surface area contributed by atoms with Gasteiger partial charge in [-0.2, -0.15) is 0 Å². The van der Waals surface area contributed by atoms with Crippen LogP contribution in [0, 0.1) is 5.92 Å². The van der Waals surface area contributed by atoms with Crippen molar-refractivity contribution in [1.82, 2.24) is 4.90 Å². The van der Waals surface area contributed by atoms with E-state index in [0.29, 0.717) is 6.42 Å². The molecule has 0 aromatic heterocycles. The van der Waals surface area contributed by atoms with E-state index in [9.17, 15) is 9.59 Å². The Morgan fingerprint density at radius 3 is 2.82 bits per heavy atom. The molecule has 0 aromatic carbocycles. The molecule has 0 unspecified atom stereocenters. The van der Waals surface area contributed by atoms with Gasteiger partial charge in [-0.15, -0.1) is 0 Å². The van der Waals surface area contributed by atoms with Crippen LogP contribution in [0.4, 0.5) is 4.79 Å². The van der Waals surface area contributed by atoms with Crippen LogP contribution in [0.25, 0.3) is 10.4 Å².